The van der Waals surface area contributed by atoms with Gasteiger partial charge in [-0.05, 0) is 25.2 Å². The van der Waals surface area contributed by atoms with Gasteiger partial charge in [-0.3, -0.25) is 0 Å². The van der Waals surface area contributed by atoms with E-state index in [-0.39, 0.29) is 6.61 Å². The lowest BCUT2D eigenvalue weighted by Gasteiger charge is -2.02. The summed E-state index contributed by atoms with van der Waals surface area (Å²) in [5.74, 6) is 0. The molecule has 0 fully saturated rings. The average Bonchev–Trinajstić information content (AvgIpc) is 2.10. The van der Waals surface area contributed by atoms with Crippen LogP contribution in [-0.2, 0) is 0 Å². The minimum absolute atomic E-state index is 0.132. The van der Waals surface area contributed by atoms with Crippen LogP contribution >= 0.6 is 0 Å². The second-order valence-electron chi connectivity index (χ2n) is 2.14. The van der Waals surface area contributed by atoms with E-state index in [9.17, 15) is 0 Å². The fourth-order valence-corrected chi connectivity index (χ4v) is 0.702. The van der Waals surface area contributed by atoms with Crippen LogP contribution in [0.1, 0.15) is 6.92 Å². The molecule has 0 saturated heterocycles. The quantitative estimate of drug-likeness (QED) is 0.476. The fraction of sp³-hybridized carbons (Fsp3) is 0.300. The molecule has 0 rings (SSSR count). The van der Waals surface area contributed by atoms with Gasteiger partial charge in [0.15, 0.2) is 0 Å². The van der Waals surface area contributed by atoms with Crippen LogP contribution in [-0.4, -0.2) is 18.3 Å². The Labute approximate surface area is 73.6 Å². The van der Waals surface area contributed by atoms with Crippen molar-refractivity contribution in [1.29, 1.82) is 0 Å². The van der Waals surface area contributed by atoms with Crippen LogP contribution in [0.5, 0.6) is 0 Å². The molecule has 0 aliphatic rings. The minimum atomic E-state index is 0.132. The van der Waals surface area contributed by atoms with Gasteiger partial charge in [0.25, 0.3) is 0 Å². The molecular formula is C10H15NO. The van der Waals surface area contributed by atoms with Crippen LogP contribution in [0.2, 0.25) is 0 Å². The molecule has 0 aliphatic carbocycles. The summed E-state index contributed by atoms with van der Waals surface area (Å²) in [5, 5.41) is 11.6. The first-order valence-corrected chi connectivity index (χ1v) is 3.88. The zero-order chi connectivity index (χ0) is 9.23. The zero-order valence-electron chi connectivity index (χ0n) is 7.38. The van der Waals surface area contributed by atoms with E-state index in [4.69, 9.17) is 5.11 Å². The molecule has 12 heavy (non-hydrogen) atoms. The summed E-state index contributed by atoms with van der Waals surface area (Å²) in [6.07, 6.45) is 7.42. The number of hydrogen-bond donors (Lipinski definition) is 2. The Morgan fingerprint density at radius 1 is 1.67 bits per heavy atom. The summed E-state index contributed by atoms with van der Waals surface area (Å²) in [7, 11) is 0. The molecule has 0 aromatic carbocycles. The Morgan fingerprint density at radius 2 is 2.42 bits per heavy atom. The topological polar surface area (TPSA) is 32.3 Å². The lowest BCUT2D eigenvalue weighted by molar-refractivity contribution is 0.297. The molecular weight excluding hydrogens is 150 g/mol. The Balaban J connectivity index is 4.11. The highest BCUT2D eigenvalue weighted by Crippen LogP contribution is 1.91. The number of rotatable bonds is 5. The number of nitrogens with one attached hydrogen (secondary N) is 1. The van der Waals surface area contributed by atoms with Crippen molar-refractivity contribution in [2.24, 2.45) is 0 Å². The average molecular weight is 165 g/mol. The molecule has 0 saturated carbocycles. The summed E-state index contributed by atoms with van der Waals surface area (Å²) < 4.78 is 0. The summed E-state index contributed by atoms with van der Waals surface area (Å²) in [6.45, 7) is 6.07. The van der Waals surface area contributed by atoms with Crippen LogP contribution in [0.4, 0.5) is 0 Å². The minimum Gasteiger partial charge on any atom is -0.395 e. The molecule has 0 atom stereocenters. The molecule has 2 nitrogen and oxygen atoms in total. The van der Waals surface area contributed by atoms with E-state index in [1.165, 1.54) is 0 Å². The maximum absolute atomic E-state index is 8.56. The highest BCUT2D eigenvalue weighted by Gasteiger charge is 1.86. The van der Waals surface area contributed by atoms with Crippen molar-refractivity contribution < 1.29 is 5.11 Å². The van der Waals surface area contributed by atoms with Crippen molar-refractivity contribution in [1.82, 2.24) is 5.32 Å². The van der Waals surface area contributed by atoms with Gasteiger partial charge < -0.3 is 10.4 Å². The Hall–Kier alpha value is -1.24. The second-order valence-corrected chi connectivity index (χ2v) is 2.14. The first-order chi connectivity index (χ1) is 5.85. The van der Waals surface area contributed by atoms with E-state index in [1.54, 1.807) is 6.08 Å². The summed E-state index contributed by atoms with van der Waals surface area (Å²) in [6, 6.07) is 0. The molecule has 2 N–H and O–H groups in total. The first-order valence-electron chi connectivity index (χ1n) is 3.88. The molecule has 0 aliphatic heterocycles. The highest BCUT2D eigenvalue weighted by molar-refractivity contribution is 5.21. The van der Waals surface area contributed by atoms with Crippen LogP contribution in [0, 0.1) is 0 Å². The molecule has 0 spiro atoms. The number of allylic oxidation sites excluding steroid dienone is 4. The molecule has 0 radical (unpaired) electrons. The smallest absolute Gasteiger partial charge is 0.0604 e. The van der Waals surface area contributed by atoms with E-state index < -0.39 is 0 Å². The zero-order valence-corrected chi connectivity index (χ0v) is 7.38. The predicted molar refractivity (Wildman–Crippen MR) is 51.7 cm³/mol. The van der Waals surface area contributed by atoms with Crippen molar-refractivity contribution in [3.8, 4) is 0 Å². The van der Waals surface area contributed by atoms with Crippen LogP contribution in [0.25, 0.3) is 0 Å². The number of aliphatic hydroxyl groups excluding tert-OH is 1. The number of aliphatic hydroxyl groups is 1. The van der Waals surface area contributed by atoms with Crippen molar-refractivity contribution in [3.05, 3.63) is 42.3 Å². The number of hydrogen-bond acceptors (Lipinski definition) is 2. The largest absolute Gasteiger partial charge is 0.395 e. The van der Waals surface area contributed by atoms with Gasteiger partial charge in [-0.2, -0.15) is 0 Å². The molecule has 0 aromatic heterocycles. The first kappa shape index (κ1) is 10.8. The molecule has 0 unspecified atom stereocenters. The van der Waals surface area contributed by atoms with Gasteiger partial charge in [-0.25, -0.2) is 0 Å². The molecule has 0 aromatic rings. The monoisotopic (exact) mass is 165 g/mol. The van der Waals surface area contributed by atoms with Crippen molar-refractivity contribution in [2.75, 3.05) is 13.2 Å². The van der Waals surface area contributed by atoms with E-state index in [1.807, 2.05) is 25.2 Å². The van der Waals surface area contributed by atoms with Crippen molar-refractivity contribution in [3.63, 3.8) is 0 Å². The summed E-state index contributed by atoms with van der Waals surface area (Å²) in [5.41, 5.74) is 3.59. The predicted octanol–water partition coefficient (Wildman–Crippen LogP) is 1.37. The molecule has 66 valence electrons. The van der Waals surface area contributed by atoms with Gasteiger partial charge in [-0.15, -0.1) is 5.73 Å². The Morgan fingerprint density at radius 3 is 2.92 bits per heavy atom. The van der Waals surface area contributed by atoms with E-state index >= 15 is 0 Å². The van der Waals surface area contributed by atoms with Crippen LogP contribution < -0.4 is 5.32 Å². The summed E-state index contributed by atoms with van der Waals surface area (Å²) in [4.78, 5) is 0. The van der Waals surface area contributed by atoms with Crippen LogP contribution in [0.15, 0.2) is 42.3 Å². The Kier molecular flexibility index (Phi) is 7.05. The third kappa shape index (κ3) is 5.54. The van der Waals surface area contributed by atoms with E-state index in [0.29, 0.717) is 6.54 Å². The van der Waals surface area contributed by atoms with Gasteiger partial charge in [0.2, 0.25) is 0 Å². The van der Waals surface area contributed by atoms with Gasteiger partial charge in [0.05, 0.1) is 6.61 Å². The Bertz CT molecular complexity index is 210. The second kappa shape index (κ2) is 7.86. The maximum Gasteiger partial charge on any atom is 0.0604 e. The van der Waals surface area contributed by atoms with Crippen molar-refractivity contribution in [2.45, 2.75) is 6.92 Å². The normalized spacial score (nSPS) is 11.3. The SMILES string of the molecule is C=C=C/C=C(\C=C/C)NCCO. The van der Waals surface area contributed by atoms with E-state index in [0.717, 1.165) is 5.70 Å². The van der Waals surface area contributed by atoms with Gasteiger partial charge in [0, 0.05) is 12.2 Å². The molecule has 0 heterocycles. The van der Waals surface area contributed by atoms with Gasteiger partial charge >= 0.3 is 0 Å². The lowest BCUT2D eigenvalue weighted by atomic mass is 10.3. The molecule has 0 amide bonds. The standard InChI is InChI=1S/C10H15NO/c1-3-5-7-10(6-4-2)11-8-9-12/h4-7,11-12H,1,8-9H2,2H3/b6-4-,10-7+. The van der Waals surface area contributed by atoms with E-state index in [2.05, 4.69) is 17.6 Å². The molecule has 0 bridgehead atoms. The lowest BCUT2D eigenvalue weighted by Crippen LogP contribution is -2.16. The third-order valence-corrected chi connectivity index (χ3v) is 1.17. The fourth-order valence-electron chi connectivity index (χ4n) is 0.702. The van der Waals surface area contributed by atoms with Gasteiger partial charge in [0.1, 0.15) is 0 Å². The van der Waals surface area contributed by atoms with Crippen molar-refractivity contribution >= 4 is 0 Å². The highest BCUT2D eigenvalue weighted by atomic mass is 16.3. The van der Waals surface area contributed by atoms with Gasteiger partial charge in [-0.1, -0.05) is 12.7 Å². The third-order valence-electron chi connectivity index (χ3n) is 1.17. The molecule has 2 heteroatoms. The van der Waals surface area contributed by atoms with Crippen LogP contribution in [0.3, 0.4) is 0 Å². The summed E-state index contributed by atoms with van der Waals surface area (Å²) >= 11 is 0. The maximum atomic E-state index is 8.56.